The molecule has 0 heterocycles. The summed E-state index contributed by atoms with van der Waals surface area (Å²) in [5.41, 5.74) is 4.25. The Morgan fingerprint density at radius 2 is 1.59 bits per heavy atom. The Bertz CT molecular complexity index is 765. The monoisotopic (exact) mass is 365 g/mol. The van der Waals surface area contributed by atoms with Crippen LogP contribution in [0.4, 0.5) is 4.79 Å². The van der Waals surface area contributed by atoms with Gasteiger partial charge in [-0.2, -0.15) is 0 Å². The largest absolute Gasteiger partial charge is 0.449 e. The van der Waals surface area contributed by atoms with Gasteiger partial charge in [-0.15, -0.1) is 0 Å². The first-order valence-corrected chi connectivity index (χ1v) is 9.98. The van der Waals surface area contributed by atoms with E-state index in [1.165, 1.54) is 28.7 Å². The molecule has 0 aromatic heterocycles. The fourth-order valence-corrected chi connectivity index (χ4v) is 4.51. The number of amides is 1. The molecular weight excluding hydrogens is 338 g/mol. The van der Waals surface area contributed by atoms with Crippen LogP contribution >= 0.6 is 0 Å². The van der Waals surface area contributed by atoms with Gasteiger partial charge < -0.3 is 15.2 Å². The number of carbonyl (C=O) groups is 1. The number of alkyl carbamates (subject to hydrolysis) is 1. The highest BCUT2D eigenvalue weighted by Crippen LogP contribution is 2.44. The number of rotatable bonds is 5. The van der Waals surface area contributed by atoms with Gasteiger partial charge >= 0.3 is 6.09 Å². The third kappa shape index (κ3) is 3.86. The van der Waals surface area contributed by atoms with E-state index in [1.54, 1.807) is 0 Å². The van der Waals surface area contributed by atoms with Crippen LogP contribution in [0.1, 0.15) is 55.6 Å². The normalized spacial score (nSPS) is 17.8. The summed E-state index contributed by atoms with van der Waals surface area (Å²) in [4.78, 5) is 12.2. The van der Waals surface area contributed by atoms with Crippen molar-refractivity contribution in [2.75, 3.05) is 13.2 Å². The summed E-state index contributed by atoms with van der Waals surface area (Å²) in [6, 6.07) is 16.6. The van der Waals surface area contributed by atoms with E-state index in [9.17, 15) is 9.90 Å². The van der Waals surface area contributed by atoms with Crippen LogP contribution in [-0.2, 0) is 4.74 Å². The molecule has 27 heavy (non-hydrogen) atoms. The Morgan fingerprint density at radius 3 is 2.22 bits per heavy atom. The predicted molar refractivity (Wildman–Crippen MR) is 106 cm³/mol. The van der Waals surface area contributed by atoms with E-state index in [-0.39, 0.29) is 5.92 Å². The second-order valence-corrected chi connectivity index (χ2v) is 7.79. The molecule has 4 heteroatoms. The molecule has 2 aromatic carbocycles. The highest BCUT2D eigenvalue weighted by Gasteiger charge is 2.30. The Balaban J connectivity index is 1.33. The molecule has 0 unspecified atom stereocenters. The minimum absolute atomic E-state index is 0.0747. The Kier molecular flexibility index (Phi) is 5.17. The van der Waals surface area contributed by atoms with Crippen molar-refractivity contribution in [2.45, 2.75) is 50.0 Å². The molecule has 2 aliphatic rings. The van der Waals surface area contributed by atoms with E-state index in [0.717, 1.165) is 25.7 Å². The lowest BCUT2D eigenvalue weighted by atomic mass is 9.82. The van der Waals surface area contributed by atoms with Crippen molar-refractivity contribution >= 4 is 6.09 Å². The Labute approximate surface area is 160 Å². The molecule has 1 fully saturated rings. The van der Waals surface area contributed by atoms with E-state index in [1.807, 2.05) is 24.3 Å². The van der Waals surface area contributed by atoms with Gasteiger partial charge in [0, 0.05) is 12.5 Å². The summed E-state index contributed by atoms with van der Waals surface area (Å²) in [5.74, 6) is 0.0747. The van der Waals surface area contributed by atoms with Crippen LogP contribution < -0.4 is 5.32 Å². The summed E-state index contributed by atoms with van der Waals surface area (Å²) in [6.45, 7) is 0.775. The van der Waals surface area contributed by atoms with Crippen LogP contribution in [0.3, 0.4) is 0 Å². The van der Waals surface area contributed by atoms with Crippen LogP contribution in [0.25, 0.3) is 11.1 Å². The highest BCUT2D eigenvalue weighted by atomic mass is 16.5. The lowest BCUT2D eigenvalue weighted by molar-refractivity contribution is -0.00317. The molecule has 2 aromatic rings. The molecule has 2 N–H and O–H groups in total. The molecule has 0 aliphatic heterocycles. The zero-order chi connectivity index (χ0) is 18.7. The van der Waals surface area contributed by atoms with Gasteiger partial charge in [0.15, 0.2) is 0 Å². The number of benzene rings is 2. The van der Waals surface area contributed by atoms with Crippen molar-refractivity contribution in [3.8, 4) is 11.1 Å². The standard InChI is InChI=1S/C23H27NO3/c25-22(24-15-14-23(26)12-6-1-7-13-23)27-16-21-19-10-4-2-8-17(19)18-9-3-5-11-20(18)21/h2-5,8-11,21,26H,1,6-7,12-16H2,(H,24,25). The van der Waals surface area contributed by atoms with Crippen LogP contribution in [-0.4, -0.2) is 30.0 Å². The van der Waals surface area contributed by atoms with E-state index in [4.69, 9.17) is 4.74 Å². The molecular formula is C23H27NO3. The minimum atomic E-state index is -0.616. The fraction of sp³-hybridized carbons (Fsp3) is 0.435. The van der Waals surface area contributed by atoms with Gasteiger partial charge in [-0.25, -0.2) is 4.79 Å². The Hall–Kier alpha value is -2.33. The number of hydrogen-bond donors (Lipinski definition) is 2. The zero-order valence-corrected chi connectivity index (χ0v) is 15.6. The van der Waals surface area contributed by atoms with Crippen molar-refractivity contribution in [2.24, 2.45) is 0 Å². The number of carbonyl (C=O) groups excluding carboxylic acids is 1. The van der Waals surface area contributed by atoms with Gasteiger partial charge in [0.2, 0.25) is 0 Å². The molecule has 2 aliphatic carbocycles. The van der Waals surface area contributed by atoms with Crippen LogP contribution in [0.5, 0.6) is 0 Å². The molecule has 0 atom stereocenters. The summed E-state index contributed by atoms with van der Waals surface area (Å²) >= 11 is 0. The molecule has 1 saturated carbocycles. The van der Waals surface area contributed by atoms with Gasteiger partial charge in [0.25, 0.3) is 0 Å². The second kappa shape index (κ2) is 7.73. The van der Waals surface area contributed by atoms with Crippen LogP contribution in [0.15, 0.2) is 48.5 Å². The van der Waals surface area contributed by atoms with Gasteiger partial charge in [-0.05, 0) is 41.5 Å². The molecule has 4 rings (SSSR count). The van der Waals surface area contributed by atoms with E-state index >= 15 is 0 Å². The van der Waals surface area contributed by atoms with Crippen LogP contribution in [0.2, 0.25) is 0 Å². The van der Waals surface area contributed by atoms with Crippen molar-refractivity contribution < 1.29 is 14.6 Å². The number of nitrogens with one attached hydrogen (secondary N) is 1. The quantitative estimate of drug-likeness (QED) is 0.813. The third-order valence-corrected chi connectivity index (χ3v) is 5.99. The molecule has 142 valence electrons. The number of hydrogen-bond acceptors (Lipinski definition) is 3. The van der Waals surface area contributed by atoms with Crippen LogP contribution in [0, 0.1) is 0 Å². The summed E-state index contributed by atoms with van der Waals surface area (Å²) in [6.07, 6.45) is 5.19. The van der Waals surface area contributed by atoms with Gasteiger partial charge in [0.1, 0.15) is 6.61 Å². The van der Waals surface area contributed by atoms with Crippen molar-refractivity contribution in [3.63, 3.8) is 0 Å². The number of ether oxygens (including phenoxy) is 1. The SMILES string of the molecule is O=C(NCCC1(O)CCCCC1)OCC1c2ccccc2-c2ccccc21. The summed E-state index contributed by atoms with van der Waals surface area (Å²) in [7, 11) is 0. The summed E-state index contributed by atoms with van der Waals surface area (Å²) in [5, 5.41) is 13.3. The Morgan fingerprint density at radius 1 is 1.00 bits per heavy atom. The second-order valence-electron chi connectivity index (χ2n) is 7.79. The first kappa shape index (κ1) is 18.1. The van der Waals surface area contributed by atoms with E-state index < -0.39 is 11.7 Å². The van der Waals surface area contributed by atoms with Crippen molar-refractivity contribution in [1.82, 2.24) is 5.32 Å². The highest BCUT2D eigenvalue weighted by molar-refractivity contribution is 5.79. The molecule has 4 nitrogen and oxygen atoms in total. The first-order valence-electron chi connectivity index (χ1n) is 9.98. The molecule has 0 saturated heterocycles. The first-order chi connectivity index (χ1) is 13.2. The average molecular weight is 365 g/mol. The van der Waals surface area contributed by atoms with Gasteiger partial charge in [-0.3, -0.25) is 0 Å². The maximum atomic E-state index is 12.2. The smallest absolute Gasteiger partial charge is 0.407 e. The summed E-state index contributed by atoms with van der Waals surface area (Å²) < 4.78 is 5.53. The molecule has 0 spiro atoms. The molecule has 0 radical (unpaired) electrons. The number of fused-ring (bicyclic) bond motifs is 3. The average Bonchev–Trinajstić information content (AvgIpc) is 3.01. The molecule has 0 bridgehead atoms. The predicted octanol–water partition coefficient (Wildman–Crippen LogP) is 4.61. The lowest BCUT2D eigenvalue weighted by Gasteiger charge is -2.32. The zero-order valence-electron chi connectivity index (χ0n) is 15.6. The molecule has 1 amide bonds. The minimum Gasteiger partial charge on any atom is -0.449 e. The third-order valence-electron chi connectivity index (χ3n) is 5.99. The van der Waals surface area contributed by atoms with Crippen molar-refractivity contribution in [3.05, 3.63) is 59.7 Å². The lowest BCUT2D eigenvalue weighted by Crippen LogP contribution is -2.37. The van der Waals surface area contributed by atoms with E-state index in [2.05, 4.69) is 29.6 Å². The van der Waals surface area contributed by atoms with Gasteiger partial charge in [-0.1, -0.05) is 67.8 Å². The number of aliphatic hydroxyl groups is 1. The topological polar surface area (TPSA) is 58.6 Å². The van der Waals surface area contributed by atoms with Crippen molar-refractivity contribution in [1.29, 1.82) is 0 Å². The maximum Gasteiger partial charge on any atom is 0.407 e. The maximum absolute atomic E-state index is 12.2. The fourth-order valence-electron chi connectivity index (χ4n) is 4.51. The van der Waals surface area contributed by atoms with E-state index in [0.29, 0.717) is 19.6 Å². The van der Waals surface area contributed by atoms with Gasteiger partial charge in [0.05, 0.1) is 5.60 Å².